The van der Waals surface area contributed by atoms with Gasteiger partial charge >= 0.3 is 0 Å². The molecule has 0 spiro atoms. The van der Waals surface area contributed by atoms with Gasteiger partial charge in [-0.05, 0) is 24.6 Å². The van der Waals surface area contributed by atoms with E-state index in [0.717, 1.165) is 0 Å². The van der Waals surface area contributed by atoms with Crippen LogP contribution in [0.15, 0.2) is 12.1 Å². The fourth-order valence-corrected chi connectivity index (χ4v) is 1.19. The molecule has 3 heteroatoms. The molecule has 0 fully saturated rings. The lowest BCUT2D eigenvalue weighted by atomic mass is 9.99. The maximum atomic E-state index is 9.50. The molecule has 0 aromatic heterocycles. The smallest absolute Gasteiger partial charge is 0.119 e. The van der Waals surface area contributed by atoms with Gasteiger partial charge < -0.3 is 15.3 Å². The van der Waals surface area contributed by atoms with Gasteiger partial charge in [0.15, 0.2) is 0 Å². The average Bonchev–Trinajstić information content (AvgIpc) is 2.10. The van der Waals surface area contributed by atoms with Crippen molar-refractivity contribution < 1.29 is 15.3 Å². The third-order valence-corrected chi connectivity index (χ3v) is 2.15. The highest BCUT2D eigenvalue weighted by Gasteiger charge is 2.11. The molecule has 0 bridgehead atoms. The van der Waals surface area contributed by atoms with Crippen molar-refractivity contribution in [1.82, 2.24) is 0 Å². The van der Waals surface area contributed by atoms with Crippen molar-refractivity contribution in [2.45, 2.75) is 19.8 Å². The van der Waals surface area contributed by atoms with Crippen LogP contribution >= 0.6 is 0 Å². The van der Waals surface area contributed by atoms with E-state index in [4.69, 9.17) is 5.11 Å². The molecule has 1 atom stereocenters. The predicted molar refractivity (Wildman–Crippen MR) is 50.0 cm³/mol. The van der Waals surface area contributed by atoms with Crippen LogP contribution in [0.4, 0.5) is 0 Å². The second kappa shape index (κ2) is 3.66. The number of benzene rings is 1. The first kappa shape index (κ1) is 9.86. The van der Waals surface area contributed by atoms with Crippen LogP contribution in [0.2, 0.25) is 0 Å². The van der Waals surface area contributed by atoms with Gasteiger partial charge in [-0.15, -0.1) is 0 Å². The van der Waals surface area contributed by atoms with Crippen LogP contribution in [0.5, 0.6) is 11.5 Å². The Balaban J connectivity index is 3.15. The summed E-state index contributed by atoms with van der Waals surface area (Å²) in [6, 6.07) is 2.99. The Kier molecular flexibility index (Phi) is 2.78. The summed E-state index contributed by atoms with van der Waals surface area (Å²) in [5.74, 6) is 0.108. The maximum Gasteiger partial charge on any atom is 0.119 e. The first-order valence-electron chi connectivity index (χ1n) is 4.19. The number of hydrogen-bond acceptors (Lipinski definition) is 3. The summed E-state index contributed by atoms with van der Waals surface area (Å²) in [6.07, 6.45) is 0. The third kappa shape index (κ3) is 1.92. The van der Waals surface area contributed by atoms with Crippen molar-refractivity contribution in [2.75, 3.05) is 6.61 Å². The van der Waals surface area contributed by atoms with E-state index in [1.54, 1.807) is 13.8 Å². The van der Waals surface area contributed by atoms with Crippen molar-refractivity contribution in [3.63, 3.8) is 0 Å². The van der Waals surface area contributed by atoms with Gasteiger partial charge in [-0.1, -0.05) is 6.92 Å². The summed E-state index contributed by atoms with van der Waals surface area (Å²) >= 11 is 0. The zero-order valence-electron chi connectivity index (χ0n) is 7.78. The number of phenols is 2. The molecule has 0 radical (unpaired) electrons. The van der Waals surface area contributed by atoms with Gasteiger partial charge in [0.25, 0.3) is 0 Å². The standard InChI is InChI=1S/C10H14O3/c1-6-3-10(13)8(4-9(6)12)7(2)5-11/h3-4,7,11-13H,5H2,1-2H3. The minimum absolute atomic E-state index is 0.0456. The Morgan fingerprint density at radius 3 is 2.38 bits per heavy atom. The molecule has 0 saturated heterocycles. The Labute approximate surface area is 77.3 Å². The molecule has 72 valence electrons. The van der Waals surface area contributed by atoms with Crippen LogP contribution in [0.1, 0.15) is 24.0 Å². The van der Waals surface area contributed by atoms with Gasteiger partial charge in [-0.25, -0.2) is 0 Å². The number of aryl methyl sites for hydroxylation is 1. The Morgan fingerprint density at radius 2 is 1.85 bits per heavy atom. The number of aliphatic hydroxyl groups is 1. The average molecular weight is 182 g/mol. The van der Waals surface area contributed by atoms with Gasteiger partial charge in [0.2, 0.25) is 0 Å². The summed E-state index contributed by atoms with van der Waals surface area (Å²) < 4.78 is 0. The van der Waals surface area contributed by atoms with E-state index in [1.165, 1.54) is 12.1 Å². The minimum atomic E-state index is -0.161. The second-order valence-electron chi connectivity index (χ2n) is 3.28. The number of aromatic hydroxyl groups is 2. The Hall–Kier alpha value is -1.22. The fourth-order valence-electron chi connectivity index (χ4n) is 1.19. The highest BCUT2D eigenvalue weighted by Crippen LogP contribution is 2.31. The van der Waals surface area contributed by atoms with Crippen LogP contribution in [0.3, 0.4) is 0 Å². The van der Waals surface area contributed by atoms with Crippen LogP contribution in [0, 0.1) is 6.92 Å². The summed E-state index contributed by atoms with van der Waals surface area (Å²) in [5, 5.41) is 27.8. The van der Waals surface area contributed by atoms with E-state index >= 15 is 0 Å². The molecule has 0 aliphatic rings. The third-order valence-electron chi connectivity index (χ3n) is 2.15. The normalized spacial score (nSPS) is 12.8. The number of phenolic OH excluding ortho intramolecular Hbond substituents is 2. The predicted octanol–water partition coefficient (Wildman–Crippen LogP) is 1.50. The van der Waals surface area contributed by atoms with Gasteiger partial charge in [-0.2, -0.15) is 0 Å². The van der Waals surface area contributed by atoms with Crippen LogP contribution in [0.25, 0.3) is 0 Å². The van der Waals surface area contributed by atoms with E-state index in [0.29, 0.717) is 11.1 Å². The van der Waals surface area contributed by atoms with Crippen molar-refractivity contribution >= 4 is 0 Å². The summed E-state index contributed by atoms with van der Waals surface area (Å²) in [7, 11) is 0. The monoisotopic (exact) mass is 182 g/mol. The van der Waals surface area contributed by atoms with E-state index in [2.05, 4.69) is 0 Å². The lowest BCUT2D eigenvalue weighted by molar-refractivity contribution is 0.270. The molecule has 0 heterocycles. The van der Waals surface area contributed by atoms with E-state index in [-0.39, 0.29) is 24.0 Å². The molecule has 1 unspecified atom stereocenters. The zero-order valence-corrected chi connectivity index (χ0v) is 7.78. The molecule has 3 nitrogen and oxygen atoms in total. The molecule has 3 N–H and O–H groups in total. The molecule has 13 heavy (non-hydrogen) atoms. The molecular weight excluding hydrogens is 168 g/mol. The highest BCUT2D eigenvalue weighted by atomic mass is 16.3. The topological polar surface area (TPSA) is 60.7 Å². The molecular formula is C10H14O3. The van der Waals surface area contributed by atoms with Crippen molar-refractivity contribution in [2.24, 2.45) is 0 Å². The highest BCUT2D eigenvalue weighted by molar-refractivity contribution is 5.45. The van der Waals surface area contributed by atoms with Gasteiger partial charge in [-0.3, -0.25) is 0 Å². The van der Waals surface area contributed by atoms with Crippen LogP contribution in [-0.4, -0.2) is 21.9 Å². The second-order valence-corrected chi connectivity index (χ2v) is 3.28. The summed E-state index contributed by atoms with van der Waals surface area (Å²) in [5.41, 5.74) is 1.21. The summed E-state index contributed by atoms with van der Waals surface area (Å²) in [4.78, 5) is 0. The first-order chi connectivity index (χ1) is 6.06. The van der Waals surface area contributed by atoms with E-state index < -0.39 is 0 Å². The lowest BCUT2D eigenvalue weighted by Gasteiger charge is -2.12. The quantitative estimate of drug-likeness (QED) is 0.607. The number of hydrogen-bond donors (Lipinski definition) is 3. The van der Waals surface area contributed by atoms with Crippen molar-refractivity contribution in [3.05, 3.63) is 23.3 Å². The molecule has 1 aromatic rings. The van der Waals surface area contributed by atoms with Crippen LogP contribution in [-0.2, 0) is 0 Å². The largest absolute Gasteiger partial charge is 0.508 e. The molecule has 0 saturated carbocycles. The van der Waals surface area contributed by atoms with E-state index in [1.807, 2.05) is 0 Å². The maximum absolute atomic E-state index is 9.50. The van der Waals surface area contributed by atoms with Gasteiger partial charge in [0.05, 0.1) is 0 Å². The molecule has 1 rings (SSSR count). The Morgan fingerprint density at radius 1 is 1.23 bits per heavy atom. The number of aliphatic hydroxyl groups excluding tert-OH is 1. The van der Waals surface area contributed by atoms with Gasteiger partial charge in [0.1, 0.15) is 11.5 Å². The number of rotatable bonds is 2. The molecule has 0 aliphatic heterocycles. The fraction of sp³-hybridized carbons (Fsp3) is 0.400. The minimum Gasteiger partial charge on any atom is -0.508 e. The molecule has 1 aromatic carbocycles. The van der Waals surface area contributed by atoms with Crippen molar-refractivity contribution in [3.8, 4) is 11.5 Å². The van der Waals surface area contributed by atoms with E-state index in [9.17, 15) is 10.2 Å². The zero-order chi connectivity index (χ0) is 10.0. The molecule has 0 aliphatic carbocycles. The lowest BCUT2D eigenvalue weighted by Crippen LogP contribution is -1.99. The molecule has 0 amide bonds. The van der Waals surface area contributed by atoms with Crippen LogP contribution < -0.4 is 0 Å². The SMILES string of the molecule is Cc1cc(O)c(C(C)CO)cc1O. The Bertz CT molecular complexity index is 307. The summed E-state index contributed by atoms with van der Waals surface area (Å²) in [6.45, 7) is 3.45. The van der Waals surface area contributed by atoms with Crippen molar-refractivity contribution in [1.29, 1.82) is 0 Å². The first-order valence-corrected chi connectivity index (χ1v) is 4.19. The van der Waals surface area contributed by atoms with Gasteiger partial charge in [0, 0.05) is 18.1 Å².